The van der Waals surface area contributed by atoms with Gasteiger partial charge in [0.15, 0.2) is 0 Å². The fourth-order valence-corrected chi connectivity index (χ4v) is 2.97. The first kappa shape index (κ1) is 16.2. The van der Waals surface area contributed by atoms with Crippen molar-refractivity contribution in [1.82, 2.24) is 0 Å². The van der Waals surface area contributed by atoms with E-state index in [1.54, 1.807) is 20.8 Å². The molecule has 1 N–H and O–H groups in total. The molecule has 0 bridgehead atoms. The van der Waals surface area contributed by atoms with Gasteiger partial charge in [0.1, 0.15) is 5.92 Å². The minimum absolute atomic E-state index is 0.0698. The lowest BCUT2D eigenvalue weighted by Crippen LogP contribution is -2.14. The second-order valence-corrected chi connectivity index (χ2v) is 5.43. The number of hydrogen-bond donors (Lipinski definition) is 1. The molecule has 0 aromatic carbocycles. The van der Waals surface area contributed by atoms with E-state index in [0.717, 1.165) is 0 Å². The molecule has 0 saturated carbocycles. The summed E-state index contributed by atoms with van der Waals surface area (Å²) < 4.78 is 22.2. The van der Waals surface area contributed by atoms with Crippen LogP contribution in [0.15, 0.2) is 0 Å². The largest absolute Gasteiger partial charge is 0.480 e. The molecule has 0 amide bonds. The van der Waals surface area contributed by atoms with Crippen LogP contribution in [0.4, 0.5) is 0 Å². The van der Waals surface area contributed by atoms with E-state index in [2.05, 4.69) is 11.8 Å². The van der Waals surface area contributed by atoms with Gasteiger partial charge in [-0.3, -0.25) is 9.36 Å². The van der Waals surface area contributed by atoms with Crippen molar-refractivity contribution in [3.05, 3.63) is 0 Å². The molecule has 0 aromatic rings. The number of hydrogen-bond acceptors (Lipinski definition) is 4. The number of carbonyl (C=O) groups is 1. The Bertz CT molecular complexity index is 332. The van der Waals surface area contributed by atoms with E-state index in [9.17, 15) is 9.36 Å². The lowest BCUT2D eigenvalue weighted by molar-refractivity contribution is -0.139. The van der Waals surface area contributed by atoms with Crippen LogP contribution >= 0.6 is 7.60 Å². The van der Waals surface area contributed by atoms with Crippen LogP contribution in [0.5, 0.6) is 0 Å². The molecule has 6 heteroatoms. The topological polar surface area (TPSA) is 72.8 Å². The molecule has 5 nitrogen and oxygen atoms in total. The second-order valence-electron chi connectivity index (χ2n) is 3.24. The van der Waals surface area contributed by atoms with Gasteiger partial charge in [0.2, 0.25) is 0 Å². The highest BCUT2D eigenvalue weighted by atomic mass is 31.2. The van der Waals surface area contributed by atoms with Gasteiger partial charge in [0.05, 0.1) is 19.4 Å². The van der Waals surface area contributed by atoms with E-state index in [0.29, 0.717) is 0 Å². The summed E-state index contributed by atoms with van der Waals surface area (Å²) in [5.74, 6) is 3.26. The van der Waals surface area contributed by atoms with Gasteiger partial charge in [-0.25, -0.2) is 0 Å². The maximum atomic E-state index is 12.1. The summed E-state index contributed by atoms with van der Waals surface area (Å²) in [6.07, 6.45) is 0.230. The van der Waals surface area contributed by atoms with Crippen molar-refractivity contribution >= 4 is 13.6 Å². The van der Waals surface area contributed by atoms with Gasteiger partial charge < -0.3 is 14.2 Å². The third-order valence-electron chi connectivity index (χ3n) is 1.96. The van der Waals surface area contributed by atoms with Crippen molar-refractivity contribution in [3.8, 4) is 11.8 Å². The van der Waals surface area contributed by atoms with Gasteiger partial charge in [0, 0.05) is 0 Å². The molecule has 98 valence electrons. The number of rotatable bonds is 8. The maximum Gasteiger partial charge on any atom is 0.330 e. The highest BCUT2D eigenvalue weighted by Gasteiger charge is 2.26. The van der Waals surface area contributed by atoms with Crippen molar-refractivity contribution in [2.45, 2.75) is 27.2 Å². The van der Waals surface area contributed by atoms with Gasteiger partial charge in [-0.2, -0.15) is 0 Å². The zero-order chi connectivity index (χ0) is 13.3. The summed E-state index contributed by atoms with van der Waals surface area (Å²) in [6.45, 7) is 5.54. The molecule has 0 fully saturated rings. The van der Waals surface area contributed by atoms with Gasteiger partial charge >= 0.3 is 13.6 Å². The monoisotopic (exact) mass is 262 g/mol. The Morgan fingerprint density at radius 2 is 1.88 bits per heavy atom. The summed E-state index contributed by atoms with van der Waals surface area (Å²) >= 11 is 0. The van der Waals surface area contributed by atoms with Crippen LogP contribution in [0.1, 0.15) is 27.2 Å². The molecular weight excluding hydrogens is 243 g/mol. The summed E-state index contributed by atoms with van der Waals surface area (Å²) in [4.78, 5) is 10.8. The van der Waals surface area contributed by atoms with Crippen LogP contribution in [-0.4, -0.2) is 30.5 Å². The van der Waals surface area contributed by atoms with E-state index in [1.165, 1.54) is 0 Å². The molecule has 0 aromatic heterocycles. The Balaban J connectivity index is 4.50. The van der Waals surface area contributed by atoms with Gasteiger partial charge in [-0.15, -0.1) is 5.92 Å². The molecule has 0 heterocycles. The SMILES string of the molecule is CC#CC(CCP(=O)(OCC)OCC)C(=O)O. The zero-order valence-electron chi connectivity index (χ0n) is 10.4. The number of carboxylic acid groups (broad SMARTS) is 1. The first-order valence-electron chi connectivity index (χ1n) is 5.52. The molecule has 0 rings (SSSR count). The molecule has 1 atom stereocenters. The average molecular weight is 262 g/mol. The third-order valence-corrected chi connectivity index (χ3v) is 4.07. The van der Waals surface area contributed by atoms with Crippen molar-refractivity contribution in [1.29, 1.82) is 0 Å². The fourth-order valence-electron chi connectivity index (χ4n) is 1.28. The minimum Gasteiger partial charge on any atom is -0.480 e. The average Bonchev–Trinajstić information content (AvgIpc) is 2.24. The first-order valence-corrected chi connectivity index (χ1v) is 7.25. The molecule has 0 radical (unpaired) electrons. The highest BCUT2D eigenvalue weighted by molar-refractivity contribution is 7.53. The lowest BCUT2D eigenvalue weighted by Gasteiger charge is -2.17. The van der Waals surface area contributed by atoms with Crippen molar-refractivity contribution in [2.24, 2.45) is 5.92 Å². The maximum absolute atomic E-state index is 12.1. The van der Waals surface area contributed by atoms with Crippen molar-refractivity contribution in [3.63, 3.8) is 0 Å². The summed E-state index contributed by atoms with van der Waals surface area (Å²) in [5.41, 5.74) is 0. The van der Waals surface area contributed by atoms with E-state index >= 15 is 0 Å². The van der Waals surface area contributed by atoms with Crippen LogP contribution in [0.2, 0.25) is 0 Å². The molecule has 0 saturated heterocycles. The Morgan fingerprint density at radius 3 is 2.24 bits per heavy atom. The fraction of sp³-hybridized carbons (Fsp3) is 0.727. The van der Waals surface area contributed by atoms with Gasteiger partial charge in [-0.05, 0) is 27.2 Å². The van der Waals surface area contributed by atoms with Crippen LogP contribution in [0, 0.1) is 17.8 Å². The van der Waals surface area contributed by atoms with Crippen LogP contribution < -0.4 is 0 Å². The second kappa shape index (κ2) is 8.30. The zero-order valence-corrected chi connectivity index (χ0v) is 11.3. The molecule has 0 aliphatic heterocycles. The molecule has 0 spiro atoms. The molecule has 17 heavy (non-hydrogen) atoms. The Morgan fingerprint density at radius 1 is 1.35 bits per heavy atom. The smallest absolute Gasteiger partial charge is 0.330 e. The lowest BCUT2D eigenvalue weighted by atomic mass is 10.1. The van der Waals surface area contributed by atoms with Crippen LogP contribution in [0.3, 0.4) is 0 Å². The molecule has 0 aliphatic carbocycles. The third kappa shape index (κ3) is 6.48. The van der Waals surface area contributed by atoms with E-state index in [4.69, 9.17) is 14.2 Å². The summed E-state index contributed by atoms with van der Waals surface area (Å²) in [6, 6.07) is 0. The van der Waals surface area contributed by atoms with Crippen LogP contribution in [-0.2, 0) is 18.4 Å². The van der Waals surface area contributed by atoms with Crippen molar-refractivity contribution < 1.29 is 23.5 Å². The van der Waals surface area contributed by atoms with Crippen LogP contribution in [0.25, 0.3) is 0 Å². The van der Waals surface area contributed by atoms with E-state index in [-0.39, 0.29) is 25.8 Å². The molecule has 0 aliphatic rings. The van der Waals surface area contributed by atoms with E-state index < -0.39 is 19.5 Å². The molecule has 1 unspecified atom stereocenters. The highest BCUT2D eigenvalue weighted by Crippen LogP contribution is 2.49. The number of aliphatic carboxylic acids is 1. The quantitative estimate of drug-likeness (QED) is 0.537. The first-order chi connectivity index (χ1) is 7.99. The van der Waals surface area contributed by atoms with E-state index in [1.807, 2.05) is 0 Å². The van der Waals surface area contributed by atoms with Crippen molar-refractivity contribution in [2.75, 3.05) is 19.4 Å². The Labute approximate surface area is 102 Å². The predicted octanol–water partition coefficient (Wildman–Crippen LogP) is 2.37. The number of carboxylic acids is 1. The molecular formula is C11H19O5P. The summed E-state index contributed by atoms with van der Waals surface area (Å²) in [7, 11) is -3.17. The minimum atomic E-state index is -3.17. The predicted molar refractivity (Wildman–Crippen MR) is 64.9 cm³/mol. The Kier molecular flexibility index (Phi) is 7.90. The Hall–Kier alpha value is -0.820. The standard InChI is InChI=1S/C11H19O5P/c1-4-7-10(11(12)13)8-9-17(14,15-5-2)16-6-3/h10H,5-6,8-9H2,1-3H3,(H,12,13). The van der Waals surface area contributed by atoms with Gasteiger partial charge in [-0.1, -0.05) is 5.92 Å². The summed E-state index contributed by atoms with van der Waals surface area (Å²) in [5, 5.41) is 8.89. The normalized spacial score (nSPS) is 12.6. The van der Waals surface area contributed by atoms with Gasteiger partial charge in [0.25, 0.3) is 0 Å².